The Morgan fingerprint density at radius 1 is 1.31 bits per heavy atom. The number of aliphatic hydroxyl groups excluding tert-OH is 1. The normalized spacial score (nSPS) is 16.5. The number of benzene rings is 1. The van der Waals surface area contributed by atoms with Crippen molar-refractivity contribution < 1.29 is 24.0 Å². The van der Waals surface area contributed by atoms with E-state index >= 15 is 0 Å². The van der Waals surface area contributed by atoms with Crippen molar-refractivity contribution in [3.8, 4) is 0 Å². The Morgan fingerprint density at radius 3 is 2.72 bits per heavy atom. The third-order valence-electron chi connectivity index (χ3n) is 4.32. The lowest BCUT2D eigenvalue weighted by Gasteiger charge is -2.23. The lowest BCUT2D eigenvalue weighted by molar-refractivity contribution is -0.384. The van der Waals surface area contributed by atoms with E-state index in [0.29, 0.717) is 5.01 Å². The number of nitrogens with zero attached hydrogens (tertiary/aromatic N) is 4. The first kappa shape index (κ1) is 18.5. The van der Waals surface area contributed by atoms with Crippen molar-refractivity contribution in [1.82, 2.24) is 10.2 Å². The predicted molar refractivity (Wildman–Crippen MR) is 101 cm³/mol. The summed E-state index contributed by atoms with van der Waals surface area (Å²) in [7, 11) is 0. The molecule has 29 heavy (non-hydrogen) atoms. The van der Waals surface area contributed by atoms with Crippen LogP contribution >= 0.6 is 11.3 Å². The van der Waals surface area contributed by atoms with Gasteiger partial charge in [-0.05, 0) is 24.6 Å². The minimum absolute atomic E-state index is 0.0786. The second-order valence-corrected chi connectivity index (χ2v) is 7.26. The number of ketones is 1. The van der Waals surface area contributed by atoms with Gasteiger partial charge in [0.1, 0.15) is 5.01 Å². The number of nitro benzene ring substituents is 1. The van der Waals surface area contributed by atoms with Crippen LogP contribution in [0.15, 0.2) is 58.4 Å². The van der Waals surface area contributed by atoms with E-state index in [0.717, 1.165) is 16.2 Å². The van der Waals surface area contributed by atoms with Crippen LogP contribution in [0.4, 0.5) is 10.8 Å². The van der Waals surface area contributed by atoms with Gasteiger partial charge in [0.15, 0.2) is 11.5 Å². The molecule has 0 radical (unpaired) electrons. The summed E-state index contributed by atoms with van der Waals surface area (Å²) in [5, 5.41) is 30.3. The van der Waals surface area contributed by atoms with Crippen LogP contribution in [0, 0.1) is 17.0 Å². The van der Waals surface area contributed by atoms with Crippen LogP contribution in [0.25, 0.3) is 0 Å². The molecule has 1 aliphatic rings. The van der Waals surface area contributed by atoms with Crippen molar-refractivity contribution >= 4 is 33.8 Å². The number of carbonyl (C=O) groups excluding carboxylic acids is 2. The molecule has 1 atom stereocenters. The molecule has 0 saturated carbocycles. The molecule has 0 bridgehead atoms. The van der Waals surface area contributed by atoms with Crippen molar-refractivity contribution in [2.75, 3.05) is 4.90 Å². The Morgan fingerprint density at radius 2 is 2.10 bits per heavy atom. The Kier molecular flexibility index (Phi) is 4.43. The summed E-state index contributed by atoms with van der Waals surface area (Å²) >= 11 is 1.09. The quantitative estimate of drug-likeness (QED) is 0.383. The SMILES string of the molecule is Cc1nnc(N2C(=O)C(O)=C(C(=O)c3ccco3)C2c2cccc([N+](=O)[O-])c2)s1. The summed E-state index contributed by atoms with van der Waals surface area (Å²) in [6.07, 6.45) is 1.29. The molecule has 1 aliphatic heterocycles. The maximum atomic E-state index is 13.0. The molecule has 4 rings (SSSR count). The van der Waals surface area contributed by atoms with Crippen LogP contribution in [-0.2, 0) is 4.79 Å². The van der Waals surface area contributed by atoms with Crippen molar-refractivity contribution in [2.24, 2.45) is 0 Å². The minimum atomic E-state index is -1.13. The molecule has 2 aromatic heterocycles. The monoisotopic (exact) mass is 412 g/mol. The van der Waals surface area contributed by atoms with Gasteiger partial charge in [-0.15, -0.1) is 10.2 Å². The summed E-state index contributed by atoms with van der Waals surface area (Å²) in [6.45, 7) is 1.69. The molecule has 1 N–H and O–H groups in total. The minimum Gasteiger partial charge on any atom is -0.503 e. The third-order valence-corrected chi connectivity index (χ3v) is 5.15. The van der Waals surface area contributed by atoms with Crippen LogP contribution in [0.3, 0.4) is 0 Å². The second-order valence-electron chi connectivity index (χ2n) is 6.10. The molecule has 3 heterocycles. The number of non-ortho nitro benzene ring substituents is 1. The van der Waals surface area contributed by atoms with E-state index in [1.807, 2.05) is 0 Å². The van der Waals surface area contributed by atoms with Crippen LogP contribution in [-0.4, -0.2) is 31.9 Å². The molecular formula is C18H12N4O6S. The lowest BCUT2D eigenvalue weighted by atomic mass is 9.95. The van der Waals surface area contributed by atoms with E-state index in [2.05, 4.69) is 10.2 Å². The van der Waals surface area contributed by atoms with Gasteiger partial charge in [0.2, 0.25) is 10.9 Å². The van der Waals surface area contributed by atoms with Crippen molar-refractivity contribution in [1.29, 1.82) is 0 Å². The first-order chi connectivity index (χ1) is 13.9. The Hall–Kier alpha value is -3.86. The topological polar surface area (TPSA) is 140 Å². The van der Waals surface area contributed by atoms with Gasteiger partial charge in [0, 0.05) is 12.1 Å². The number of rotatable bonds is 5. The van der Waals surface area contributed by atoms with E-state index in [4.69, 9.17) is 4.42 Å². The predicted octanol–water partition coefficient (Wildman–Crippen LogP) is 3.13. The number of Topliss-reactive ketones (excluding diaryl/α,β-unsaturated/α-hetero) is 1. The number of aryl methyl sites for hydroxylation is 1. The van der Waals surface area contributed by atoms with E-state index < -0.39 is 28.4 Å². The number of carbonyl (C=O) groups is 2. The number of aromatic nitrogens is 2. The largest absolute Gasteiger partial charge is 0.503 e. The Balaban J connectivity index is 1.90. The highest BCUT2D eigenvalue weighted by molar-refractivity contribution is 7.15. The van der Waals surface area contributed by atoms with Gasteiger partial charge in [-0.3, -0.25) is 24.6 Å². The van der Waals surface area contributed by atoms with E-state index in [1.54, 1.807) is 6.92 Å². The van der Waals surface area contributed by atoms with Gasteiger partial charge in [0.25, 0.3) is 11.6 Å². The molecule has 10 nitrogen and oxygen atoms in total. The fourth-order valence-corrected chi connectivity index (χ4v) is 3.80. The molecule has 1 aromatic carbocycles. The third kappa shape index (κ3) is 3.06. The van der Waals surface area contributed by atoms with E-state index in [-0.39, 0.29) is 27.7 Å². The van der Waals surface area contributed by atoms with Gasteiger partial charge in [0.05, 0.1) is 22.8 Å². The first-order valence-electron chi connectivity index (χ1n) is 8.28. The average molecular weight is 412 g/mol. The number of amides is 1. The number of hydrogen-bond acceptors (Lipinski definition) is 9. The molecule has 3 aromatic rings. The number of hydrogen-bond donors (Lipinski definition) is 1. The fourth-order valence-electron chi connectivity index (χ4n) is 3.08. The van der Waals surface area contributed by atoms with Crippen molar-refractivity contribution in [3.05, 3.63) is 80.4 Å². The zero-order chi connectivity index (χ0) is 20.7. The molecule has 0 aliphatic carbocycles. The summed E-state index contributed by atoms with van der Waals surface area (Å²) in [6, 6.07) is 7.26. The molecule has 0 fully saturated rings. The average Bonchev–Trinajstić information content (AvgIpc) is 3.43. The van der Waals surface area contributed by atoms with Gasteiger partial charge in [-0.1, -0.05) is 23.5 Å². The Labute approximate surface area is 166 Å². The summed E-state index contributed by atoms with van der Waals surface area (Å²) in [5.74, 6) is -2.41. The van der Waals surface area contributed by atoms with Crippen LogP contribution < -0.4 is 4.90 Å². The molecule has 1 amide bonds. The van der Waals surface area contributed by atoms with Gasteiger partial charge >= 0.3 is 0 Å². The van der Waals surface area contributed by atoms with Crippen LogP contribution in [0.2, 0.25) is 0 Å². The van der Waals surface area contributed by atoms with Crippen LogP contribution in [0.5, 0.6) is 0 Å². The molecule has 1 unspecified atom stereocenters. The Bertz CT molecular complexity index is 1170. The van der Waals surface area contributed by atoms with E-state index in [1.165, 1.54) is 42.7 Å². The molecular weight excluding hydrogens is 400 g/mol. The molecule has 11 heteroatoms. The molecule has 0 saturated heterocycles. The zero-order valence-corrected chi connectivity index (χ0v) is 15.6. The fraction of sp³-hybridized carbons (Fsp3) is 0.111. The summed E-state index contributed by atoms with van der Waals surface area (Å²) in [4.78, 5) is 37.6. The standard InChI is InChI=1S/C18H12N4O6S/c1-9-19-20-18(29-9)21-14(10-4-2-5-11(8-10)22(26)27)13(16(24)17(21)25)15(23)12-6-3-7-28-12/h2-8,14,24H,1H3. The summed E-state index contributed by atoms with van der Waals surface area (Å²) in [5.41, 5.74) is -0.211. The highest BCUT2D eigenvalue weighted by atomic mass is 32.1. The number of nitro groups is 1. The van der Waals surface area contributed by atoms with Crippen molar-refractivity contribution in [2.45, 2.75) is 13.0 Å². The lowest BCUT2D eigenvalue weighted by Crippen LogP contribution is -2.31. The first-order valence-corrected chi connectivity index (χ1v) is 9.09. The second kappa shape index (κ2) is 6.95. The maximum absolute atomic E-state index is 13.0. The van der Waals surface area contributed by atoms with Gasteiger partial charge in [-0.2, -0.15) is 0 Å². The van der Waals surface area contributed by atoms with E-state index in [9.17, 15) is 24.8 Å². The number of aliphatic hydroxyl groups is 1. The molecule has 0 spiro atoms. The highest BCUT2D eigenvalue weighted by Gasteiger charge is 2.46. The maximum Gasteiger partial charge on any atom is 0.296 e. The van der Waals surface area contributed by atoms with Gasteiger partial charge in [-0.25, -0.2) is 0 Å². The number of furan rings is 1. The van der Waals surface area contributed by atoms with Crippen molar-refractivity contribution in [3.63, 3.8) is 0 Å². The smallest absolute Gasteiger partial charge is 0.296 e. The van der Waals surface area contributed by atoms with Crippen LogP contribution in [0.1, 0.15) is 27.2 Å². The zero-order valence-electron chi connectivity index (χ0n) is 14.8. The number of anilines is 1. The summed E-state index contributed by atoms with van der Waals surface area (Å²) < 4.78 is 5.12. The van der Waals surface area contributed by atoms with Gasteiger partial charge < -0.3 is 9.52 Å². The molecule has 146 valence electrons. The highest BCUT2D eigenvalue weighted by Crippen LogP contribution is 2.43.